The summed E-state index contributed by atoms with van der Waals surface area (Å²) < 4.78 is 0. The van der Waals surface area contributed by atoms with Crippen molar-refractivity contribution >= 4 is 85.7 Å². The maximum absolute atomic E-state index is 14.9. The lowest BCUT2D eigenvalue weighted by Gasteiger charge is -2.29. The van der Waals surface area contributed by atoms with Crippen molar-refractivity contribution in [3.8, 4) is 0 Å². The number of hydrogen-bond acceptors (Lipinski definition) is 13. The zero-order valence-electron chi connectivity index (χ0n) is 43.1. The summed E-state index contributed by atoms with van der Waals surface area (Å²) in [6.07, 6.45) is 0.384. The van der Waals surface area contributed by atoms with Crippen molar-refractivity contribution in [1.82, 2.24) is 47.5 Å². The summed E-state index contributed by atoms with van der Waals surface area (Å²) in [5, 5.41) is 41.9. The van der Waals surface area contributed by atoms with Gasteiger partial charge in [0.15, 0.2) is 5.37 Å². The van der Waals surface area contributed by atoms with Crippen LogP contribution >= 0.6 is 21.6 Å². The third kappa shape index (κ3) is 17.9. The normalized spacial score (nSPS) is 23.1. The molecule has 0 bridgehead atoms. The molecule has 0 unspecified atom stereocenters. The molecule has 8 amide bonds. The van der Waals surface area contributed by atoms with Gasteiger partial charge in [0, 0.05) is 55.5 Å². The number of carboxylic acid groups (broad SMARTS) is 1. The topological polar surface area (TPSA) is 332 Å². The summed E-state index contributed by atoms with van der Waals surface area (Å²) in [5.41, 5.74) is 8.99. The van der Waals surface area contributed by atoms with E-state index >= 15 is 0 Å². The first-order valence-electron chi connectivity index (χ1n) is 25.4. The zero-order chi connectivity index (χ0) is 56.1. The molecule has 78 heavy (non-hydrogen) atoms. The molecule has 6 rings (SSSR count). The zero-order valence-corrected chi connectivity index (χ0v) is 44.7. The van der Waals surface area contributed by atoms with Crippen molar-refractivity contribution < 1.29 is 53.4 Å². The first-order chi connectivity index (χ1) is 37.5. The molecule has 23 heteroatoms. The summed E-state index contributed by atoms with van der Waals surface area (Å²) in [5.74, 6) is -8.65. The number of amides is 8. The maximum Gasteiger partial charge on any atom is 0.327 e. The van der Waals surface area contributed by atoms with Gasteiger partial charge in [-0.25, -0.2) is 4.79 Å². The van der Waals surface area contributed by atoms with Crippen LogP contribution in [0, 0.1) is 0 Å². The van der Waals surface area contributed by atoms with Crippen LogP contribution in [0.2, 0.25) is 0 Å². The molecular weight excluding hydrogens is 1040 g/mol. The van der Waals surface area contributed by atoms with E-state index in [1.54, 1.807) is 97.2 Å². The van der Waals surface area contributed by atoms with Gasteiger partial charge in [-0.1, -0.05) is 131 Å². The monoisotopic (exact) mass is 1110 g/mol. The van der Waals surface area contributed by atoms with Crippen LogP contribution in [0.5, 0.6) is 0 Å². The van der Waals surface area contributed by atoms with Gasteiger partial charge in [-0.05, 0) is 61.1 Å². The number of unbranched alkanes of at least 4 members (excludes halogenated alkanes) is 1. The molecule has 13 N–H and O–H groups in total. The summed E-state index contributed by atoms with van der Waals surface area (Å²) >= 11 is 0. The lowest BCUT2D eigenvalue weighted by Crippen LogP contribution is -2.62. The molecular formula is C55H66N10O11S2. The first-order valence-corrected chi connectivity index (χ1v) is 27.8. The molecule has 1 fully saturated rings. The number of hydrogen-bond donors (Lipinski definition) is 12. The fourth-order valence-corrected chi connectivity index (χ4v) is 11.0. The van der Waals surface area contributed by atoms with Crippen molar-refractivity contribution in [2.75, 3.05) is 12.3 Å². The lowest BCUT2D eigenvalue weighted by molar-refractivity contribution is -0.141. The van der Waals surface area contributed by atoms with E-state index in [0.717, 1.165) is 39.4 Å². The molecule has 0 spiro atoms. The van der Waals surface area contributed by atoms with Crippen LogP contribution < -0.4 is 48.3 Å². The van der Waals surface area contributed by atoms with E-state index in [0.29, 0.717) is 35.1 Å². The van der Waals surface area contributed by atoms with E-state index in [1.807, 2.05) is 24.3 Å². The Bertz CT molecular complexity index is 2860. The number of aliphatic hydroxyl groups excluding tert-OH is 1. The van der Waals surface area contributed by atoms with Crippen LogP contribution in [0.1, 0.15) is 55.4 Å². The number of carbonyl (C=O) groups is 9. The number of nitrogens with two attached hydrogens (primary N) is 1. The highest BCUT2D eigenvalue weighted by atomic mass is 33.1. The fourth-order valence-electron chi connectivity index (χ4n) is 8.59. The van der Waals surface area contributed by atoms with Crippen molar-refractivity contribution in [2.24, 2.45) is 5.73 Å². The number of fused-ring (bicyclic) bond motifs is 1. The van der Waals surface area contributed by atoms with Crippen LogP contribution in [0.25, 0.3) is 10.9 Å². The number of aliphatic carboxylic acids is 1. The Hall–Kier alpha value is -7.73. The predicted molar refractivity (Wildman–Crippen MR) is 296 cm³/mol. The average Bonchev–Trinajstić information content (AvgIpc) is 3.83. The minimum atomic E-state index is -1.72. The van der Waals surface area contributed by atoms with Crippen molar-refractivity contribution in [3.05, 3.63) is 144 Å². The molecule has 0 saturated carbocycles. The van der Waals surface area contributed by atoms with E-state index in [4.69, 9.17) is 5.73 Å². The molecule has 5 aromatic rings. The highest BCUT2D eigenvalue weighted by Crippen LogP contribution is 2.27. The number of carboxylic acids is 1. The molecule has 9 atom stereocenters. The Morgan fingerprint density at radius 1 is 0.590 bits per heavy atom. The van der Waals surface area contributed by atoms with E-state index in [9.17, 15) is 53.4 Å². The predicted octanol–water partition coefficient (Wildman–Crippen LogP) is 1.28. The van der Waals surface area contributed by atoms with Crippen LogP contribution in [-0.2, 0) is 68.8 Å². The number of rotatable bonds is 15. The Kier molecular flexibility index (Phi) is 22.7. The molecule has 0 radical (unpaired) electrons. The average molecular weight is 1110 g/mol. The Morgan fingerprint density at radius 2 is 1.04 bits per heavy atom. The first kappa shape index (κ1) is 59.5. The van der Waals surface area contributed by atoms with Crippen LogP contribution in [0.3, 0.4) is 0 Å². The highest BCUT2D eigenvalue weighted by Gasteiger charge is 2.37. The smallest absolute Gasteiger partial charge is 0.327 e. The third-order valence-corrected chi connectivity index (χ3v) is 15.2. The van der Waals surface area contributed by atoms with Crippen molar-refractivity contribution in [2.45, 2.75) is 113 Å². The van der Waals surface area contributed by atoms with Gasteiger partial charge >= 0.3 is 5.97 Å². The molecule has 1 aliphatic rings. The minimum Gasteiger partial charge on any atom is -0.480 e. The number of aromatic nitrogens is 1. The standard InChI is InChI=1S/C55H66N10O11S2/c1-32(66)46-52(73)62-42(27-35-18-8-4-9-19-35)50(71)64-45(55(75)76)31-77-78-54(58-33(2)67)53(74)63-43(28-36-20-10-5-11-21-36)49(70)60-41(26-34-16-6-3-7-17-34)48(69)61-44(29-37-30-57-39-23-13-12-22-38(37)39)51(72)59-40(47(68)65-46)24-14-15-25-56/h3-13,16-23,30,32,40-46,54,57,66H,14-15,24-29,31,56H2,1-2H3,(H,58,67)(H,59,72)(H,60,70)(H,61,69)(H,62,73)(H,63,74)(H,64,71)(H,65,68)(H,75,76)/t32-,40+,41+,42+,43+,44-,45-,46+,54+/m1/s1. The van der Waals surface area contributed by atoms with Crippen LogP contribution in [0.15, 0.2) is 121 Å². The van der Waals surface area contributed by atoms with Crippen molar-refractivity contribution in [3.63, 3.8) is 0 Å². The Morgan fingerprint density at radius 3 is 1.54 bits per heavy atom. The second-order valence-electron chi connectivity index (χ2n) is 18.8. The van der Waals surface area contributed by atoms with E-state index in [2.05, 4.69) is 47.5 Å². The van der Waals surface area contributed by atoms with Crippen LogP contribution in [0.4, 0.5) is 0 Å². The van der Waals surface area contributed by atoms with Gasteiger partial charge in [0.05, 0.1) is 6.10 Å². The molecule has 2 heterocycles. The van der Waals surface area contributed by atoms with Crippen molar-refractivity contribution in [1.29, 1.82) is 0 Å². The van der Waals surface area contributed by atoms with Gasteiger partial charge in [-0.3, -0.25) is 38.4 Å². The van der Waals surface area contributed by atoms with E-state index < -0.39 is 107 Å². The molecule has 1 aliphatic heterocycles. The summed E-state index contributed by atoms with van der Waals surface area (Å²) in [7, 11) is 1.56. The lowest BCUT2D eigenvalue weighted by atomic mass is 10.00. The number of carbonyl (C=O) groups excluding carboxylic acids is 8. The summed E-state index contributed by atoms with van der Waals surface area (Å²) in [4.78, 5) is 130. The second-order valence-corrected chi connectivity index (χ2v) is 21.3. The number of nitrogens with one attached hydrogen (secondary N) is 9. The maximum atomic E-state index is 14.9. The van der Waals surface area contributed by atoms with E-state index in [1.165, 1.54) is 6.92 Å². The molecule has 1 saturated heterocycles. The molecule has 21 nitrogen and oxygen atoms in total. The highest BCUT2D eigenvalue weighted by molar-refractivity contribution is 8.77. The molecule has 1 aromatic heterocycles. The molecule has 0 aliphatic carbocycles. The summed E-state index contributed by atoms with van der Waals surface area (Å²) in [6, 6.07) is 22.8. The Balaban J connectivity index is 1.43. The SMILES string of the molecule is CC(=O)N[C@H]1SSC[C@H](C(=O)O)NC(=O)[C@H](Cc2ccccc2)NC(=O)[C@H]([C@@H](C)O)NC(=O)[C@H](CCCCN)NC(=O)[C@@H](Cc2c[nH]c3ccccc23)NC(=O)[C@H](Cc2ccccc2)NC(=O)[C@H](Cc2ccccc2)NC1=O. The molecule has 414 valence electrons. The number of para-hydroxylation sites is 1. The van der Waals surface area contributed by atoms with E-state index in [-0.39, 0.29) is 44.4 Å². The quantitative estimate of drug-likeness (QED) is 0.0520. The minimum absolute atomic E-state index is 0.00735. The molecule has 4 aromatic carbocycles. The third-order valence-electron chi connectivity index (χ3n) is 12.7. The Labute approximate surface area is 458 Å². The van der Waals surface area contributed by atoms with Gasteiger partial charge in [0.1, 0.15) is 42.3 Å². The van der Waals surface area contributed by atoms with Gasteiger partial charge in [0.25, 0.3) is 5.91 Å². The fraction of sp³-hybridized carbons (Fsp3) is 0.364. The number of H-pyrrole nitrogens is 1. The summed E-state index contributed by atoms with van der Waals surface area (Å²) in [6.45, 7) is 2.64. The van der Waals surface area contributed by atoms with Gasteiger partial charge < -0.3 is 63.5 Å². The van der Waals surface area contributed by atoms with Gasteiger partial charge in [-0.15, -0.1) is 0 Å². The second kappa shape index (κ2) is 29.7. The van der Waals surface area contributed by atoms with Crippen LogP contribution in [-0.4, -0.2) is 134 Å². The number of benzene rings is 4. The number of aromatic amines is 1. The number of aliphatic hydroxyl groups is 1. The van der Waals surface area contributed by atoms with Gasteiger partial charge in [-0.2, -0.15) is 0 Å². The van der Waals surface area contributed by atoms with Gasteiger partial charge in [0.2, 0.25) is 41.4 Å². The largest absolute Gasteiger partial charge is 0.480 e.